The van der Waals surface area contributed by atoms with Crippen LogP contribution in [-0.4, -0.2) is 17.6 Å². The molecule has 0 atom stereocenters. The number of nitrogens with one attached hydrogen (secondary N) is 1. The molecular weight excluding hydrogens is 258 g/mol. The van der Waals surface area contributed by atoms with E-state index in [-0.39, 0.29) is 17.1 Å². The largest absolute Gasteiger partial charge is 0.508 e. The SMILES string of the molecule is CC(C)(CNC(=O)c1ccc(O)cc1)c1cccs1. The molecule has 0 aliphatic heterocycles. The Labute approximate surface area is 116 Å². The van der Waals surface area contributed by atoms with E-state index < -0.39 is 0 Å². The standard InChI is InChI=1S/C15H17NO2S/c1-15(2,13-4-3-9-19-13)10-16-14(18)11-5-7-12(17)8-6-11/h3-9,17H,10H2,1-2H3,(H,16,18). The zero-order valence-corrected chi connectivity index (χ0v) is 11.8. The number of thiophene rings is 1. The summed E-state index contributed by atoms with van der Waals surface area (Å²) in [5.74, 6) is 0.0418. The van der Waals surface area contributed by atoms with Crippen LogP contribution in [0.1, 0.15) is 29.1 Å². The summed E-state index contributed by atoms with van der Waals surface area (Å²) in [6.07, 6.45) is 0. The molecule has 0 bridgehead atoms. The van der Waals surface area contributed by atoms with Crippen molar-refractivity contribution in [2.24, 2.45) is 0 Å². The van der Waals surface area contributed by atoms with Crippen molar-refractivity contribution in [1.82, 2.24) is 5.32 Å². The summed E-state index contributed by atoms with van der Waals surface area (Å²) in [4.78, 5) is 13.2. The predicted octanol–water partition coefficient (Wildman–Crippen LogP) is 3.16. The zero-order valence-electron chi connectivity index (χ0n) is 11.0. The maximum absolute atomic E-state index is 12.0. The molecule has 1 aromatic carbocycles. The van der Waals surface area contributed by atoms with Crippen molar-refractivity contribution in [3.05, 3.63) is 52.2 Å². The van der Waals surface area contributed by atoms with Crippen molar-refractivity contribution in [2.75, 3.05) is 6.54 Å². The lowest BCUT2D eigenvalue weighted by molar-refractivity contribution is 0.0946. The molecule has 100 valence electrons. The van der Waals surface area contributed by atoms with Crippen LogP contribution in [-0.2, 0) is 5.41 Å². The van der Waals surface area contributed by atoms with Gasteiger partial charge in [-0.15, -0.1) is 11.3 Å². The summed E-state index contributed by atoms with van der Waals surface area (Å²) in [5.41, 5.74) is 0.473. The fourth-order valence-corrected chi connectivity index (χ4v) is 2.62. The highest BCUT2D eigenvalue weighted by molar-refractivity contribution is 7.10. The van der Waals surface area contributed by atoms with Gasteiger partial charge in [0.1, 0.15) is 5.75 Å². The molecule has 1 amide bonds. The lowest BCUT2D eigenvalue weighted by Gasteiger charge is -2.23. The van der Waals surface area contributed by atoms with E-state index in [1.165, 1.54) is 17.0 Å². The van der Waals surface area contributed by atoms with Crippen LogP contribution < -0.4 is 5.32 Å². The van der Waals surface area contributed by atoms with Gasteiger partial charge in [-0.25, -0.2) is 0 Å². The Balaban J connectivity index is 1.99. The van der Waals surface area contributed by atoms with Crippen molar-refractivity contribution in [3.63, 3.8) is 0 Å². The van der Waals surface area contributed by atoms with E-state index in [9.17, 15) is 9.90 Å². The van der Waals surface area contributed by atoms with Gasteiger partial charge in [0.05, 0.1) is 0 Å². The van der Waals surface area contributed by atoms with Crippen LogP contribution >= 0.6 is 11.3 Å². The third-order valence-electron chi connectivity index (χ3n) is 3.01. The Hall–Kier alpha value is -1.81. The van der Waals surface area contributed by atoms with Gasteiger partial charge in [-0.1, -0.05) is 19.9 Å². The molecule has 1 aromatic heterocycles. The number of rotatable bonds is 4. The van der Waals surface area contributed by atoms with Crippen LogP contribution in [0.15, 0.2) is 41.8 Å². The second-order valence-electron chi connectivity index (χ2n) is 5.09. The lowest BCUT2D eigenvalue weighted by atomic mass is 9.91. The summed E-state index contributed by atoms with van der Waals surface area (Å²) in [5, 5.41) is 14.2. The maximum Gasteiger partial charge on any atom is 0.251 e. The number of hydrogen-bond donors (Lipinski definition) is 2. The second kappa shape index (κ2) is 5.45. The van der Waals surface area contributed by atoms with Gasteiger partial charge >= 0.3 is 0 Å². The second-order valence-corrected chi connectivity index (χ2v) is 6.04. The zero-order chi connectivity index (χ0) is 13.9. The highest BCUT2D eigenvalue weighted by atomic mass is 32.1. The molecule has 0 aliphatic rings. The van der Waals surface area contributed by atoms with E-state index in [0.717, 1.165) is 0 Å². The molecule has 3 nitrogen and oxygen atoms in total. The van der Waals surface area contributed by atoms with Gasteiger partial charge < -0.3 is 10.4 Å². The molecule has 2 aromatic rings. The van der Waals surface area contributed by atoms with E-state index >= 15 is 0 Å². The van der Waals surface area contributed by atoms with Gasteiger partial charge in [-0.05, 0) is 35.7 Å². The lowest BCUT2D eigenvalue weighted by Crippen LogP contribution is -2.36. The number of amides is 1. The fraction of sp³-hybridized carbons (Fsp3) is 0.267. The van der Waals surface area contributed by atoms with Crippen molar-refractivity contribution < 1.29 is 9.90 Å². The van der Waals surface area contributed by atoms with Crippen LogP contribution in [0, 0.1) is 0 Å². The van der Waals surface area contributed by atoms with Gasteiger partial charge in [0.25, 0.3) is 5.91 Å². The van der Waals surface area contributed by atoms with Crippen molar-refractivity contribution >= 4 is 17.2 Å². The summed E-state index contributed by atoms with van der Waals surface area (Å²) in [6.45, 7) is 4.79. The van der Waals surface area contributed by atoms with Crippen molar-refractivity contribution in [3.8, 4) is 5.75 Å². The summed E-state index contributed by atoms with van der Waals surface area (Å²) >= 11 is 1.69. The Morgan fingerprint density at radius 3 is 2.53 bits per heavy atom. The first-order valence-electron chi connectivity index (χ1n) is 6.10. The summed E-state index contributed by atoms with van der Waals surface area (Å²) in [7, 11) is 0. The number of hydrogen-bond acceptors (Lipinski definition) is 3. The van der Waals surface area contributed by atoms with Crippen LogP contribution in [0.4, 0.5) is 0 Å². The molecule has 0 unspecified atom stereocenters. The van der Waals surface area contributed by atoms with Crippen LogP contribution in [0.5, 0.6) is 5.75 Å². The average Bonchev–Trinajstić information content (AvgIpc) is 2.91. The van der Waals surface area contributed by atoms with Crippen molar-refractivity contribution in [1.29, 1.82) is 0 Å². The normalized spacial score (nSPS) is 11.3. The summed E-state index contributed by atoms with van der Waals surface area (Å²) < 4.78 is 0. The Kier molecular flexibility index (Phi) is 3.90. The quantitative estimate of drug-likeness (QED) is 0.900. The first-order chi connectivity index (χ1) is 8.99. The van der Waals surface area contributed by atoms with Gasteiger partial charge in [0.15, 0.2) is 0 Å². The minimum Gasteiger partial charge on any atom is -0.508 e. The molecule has 0 saturated heterocycles. The fourth-order valence-electron chi connectivity index (χ4n) is 1.77. The van der Waals surface area contributed by atoms with E-state index in [1.807, 2.05) is 11.4 Å². The third-order valence-corrected chi connectivity index (χ3v) is 4.24. The first kappa shape index (κ1) is 13.6. The molecule has 4 heteroatoms. The Morgan fingerprint density at radius 1 is 1.26 bits per heavy atom. The molecule has 19 heavy (non-hydrogen) atoms. The smallest absolute Gasteiger partial charge is 0.251 e. The van der Waals surface area contributed by atoms with E-state index in [0.29, 0.717) is 12.1 Å². The van der Waals surface area contributed by atoms with Gasteiger partial charge in [-0.2, -0.15) is 0 Å². The minimum absolute atomic E-state index is 0.0826. The van der Waals surface area contributed by atoms with Crippen LogP contribution in [0.3, 0.4) is 0 Å². The highest BCUT2D eigenvalue weighted by Crippen LogP contribution is 2.26. The number of phenolic OH excluding ortho intramolecular Hbond substituents is 1. The van der Waals surface area contributed by atoms with Gasteiger partial charge in [-0.3, -0.25) is 4.79 Å². The van der Waals surface area contributed by atoms with Gasteiger partial charge in [0.2, 0.25) is 0 Å². The number of carbonyl (C=O) groups excluding carboxylic acids is 1. The van der Waals surface area contributed by atoms with E-state index in [2.05, 4.69) is 25.2 Å². The number of phenols is 1. The molecule has 0 fully saturated rings. The molecule has 2 N–H and O–H groups in total. The van der Waals surface area contributed by atoms with E-state index in [4.69, 9.17) is 0 Å². The number of aromatic hydroxyl groups is 1. The monoisotopic (exact) mass is 275 g/mol. The molecule has 0 aliphatic carbocycles. The Bertz CT molecular complexity index is 544. The van der Waals surface area contributed by atoms with E-state index in [1.54, 1.807) is 23.5 Å². The Morgan fingerprint density at radius 2 is 1.95 bits per heavy atom. The average molecular weight is 275 g/mol. The molecular formula is C15H17NO2S. The van der Waals surface area contributed by atoms with Crippen LogP contribution in [0.25, 0.3) is 0 Å². The molecule has 2 rings (SSSR count). The number of benzene rings is 1. The molecule has 1 heterocycles. The minimum atomic E-state index is -0.121. The maximum atomic E-state index is 12.0. The van der Waals surface area contributed by atoms with Gasteiger partial charge in [0, 0.05) is 22.4 Å². The highest BCUT2D eigenvalue weighted by Gasteiger charge is 2.22. The molecule has 0 radical (unpaired) electrons. The van der Waals surface area contributed by atoms with Crippen LogP contribution in [0.2, 0.25) is 0 Å². The third kappa shape index (κ3) is 3.35. The molecule has 0 spiro atoms. The predicted molar refractivity (Wildman–Crippen MR) is 77.8 cm³/mol. The molecule has 0 saturated carbocycles. The van der Waals surface area contributed by atoms with Crippen molar-refractivity contribution in [2.45, 2.75) is 19.3 Å². The summed E-state index contributed by atoms with van der Waals surface area (Å²) in [6, 6.07) is 10.4. The number of carbonyl (C=O) groups is 1. The topological polar surface area (TPSA) is 49.3 Å². The first-order valence-corrected chi connectivity index (χ1v) is 6.98.